The Bertz CT molecular complexity index is 1150. The Hall–Kier alpha value is -2.75. The predicted octanol–water partition coefficient (Wildman–Crippen LogP) is 7.11. The average molecular weight is 448 g/mol. The second-order valence-electron chi connectivity index (χ2n) is 7.86. The van der Waals surface area contributed by atoms with E-state index in [-0.39, 0.29) is 5.92 Å². The van der Waals surface area contributed by atoms with Crippen molar-refractivity contribution in [3.05, 3.63) is 111 Å². The van der Waals surface area contributed by atoms with Crippen molar-refractivity contribution < 1.29 is 0 Å². The normalized spacial score (nSPS) is 13.5. The highest BCUT2D eigenvalue weighted by Gasteiger charge is 2.28. The molecule has 1 aromatic heterocycles. The number of nitrogens with one attached hydrogen (secondary N) is 1. The smallest absolute Gasteiger partial charge is 0.133 e. The lowest BCUT2D eigenvalue weighted by molar-refractivity contribution is 0.755. The predicted molar refractivity (Wildman–Crippen MR) is 129 cm³/mol. The maximum atomic E-state index is 6.59. The van der Waals surface area contributed by atoms with E-state index in [9.17, 15) is 0 Å². The fourth-order valence-electron chi connectivity index (χ4n) is 4.38. The van der Waals surface area contributed by atoms with Crippen LogP contribution in [0.1, 0.15) is 41.1 Å². The van der Waals surface area contributed by atoms with E-state index in [4.69, 9.17) is 28.3 Å². The first-order valence-electron chi connectivity index (χ1n) is 10.6. The first-order valence-corrected chi connectivity index (χ1v) is 11.4. The fourth-order valence-corrected chi connectivity index (χ4v) is 4.75. The van der Waals surface area contributed by atoms with Gasteiger partial charge in [0.1, 0.15) is 5.82 Å². The van der Waals surface area contributed by atoms with Crippen LogP contribution in [0.15, 0.2) is 78.9 Å². The summed E-state index contributed by atoms with van der Waals surface area (Å²) in [6.07, 6.45) is 3.23. The molecule has 0 bridgehead atoms. The summed E-state index contributed by atoms with van der Waals surface area (Å²) in [5.74, 6) is 1.06. The van der Waals surface area contributed by atoms with Gasteiger partial charge in [0, 0.05) is 17.1 Å². The van der Waals surface area contributed by atoms with Crippen molar-refractivity contribution >= 4 is 29.0 Å². The van der Waals surface area contributed by atoms with Gasteiger partial charge < -0.3 is 5.32 Å². The zero-order valence-corrected chi connectivity index (χ0v) is 18.6. The summed E-state index contributed by atoms with van der Waals surface area (Å²) in [4.78, 5) is 0. The Labute approximate surface area is 192 Å². The second-order valence-corrected chi connectivity index (χ2v) is 8.70. The molecule has 4 aromatic rings. The maximum absolute atomic E-state index is 6.59. The zero-order chi connectivity index (χ0) is 21.2. The van der Waals surface area contributed by atoms with Crippen LogP contribution in [0, 0.1) is 0 Å². The van der Waals surface area contributed by atoms with E-state index in [1.807, 2.05) is 16.8 Å². The number of nitrogens with zero attached hydrogens (tertiary/aromatic N) is 2. The number of halogens is 2. The molecule has 3 aromatic carbocycles. The molecule has 0 atom stereocenters. The molecule has 1 aliphatic heterocycles. The second kappa shape index (κ2) is 8.78. The molecule has 1 aliphatic rings. The van der Waals surface area contributed by atoms with Crippen LogP contribution in [0.4, 0.5) is 5.82 Å². The summed E-state index contributed by atoms with van der Waals surface area (Å²) in [5.41, 5.74) is 5.57. The van der Waals surface area contributed by atoms with Crippen LogP contribution < -0.4 is 5.32 Å². The van der Waals surface area contributed by atoms with E-state index in [2.05, 4.69) is 66.0 Å². The third-order valence-corrected chi connectivity index (χ3v) is 6.39. The quantitative estimate of drug-likeness (QED) is 0.361. The number of benzene rings is 3. The largest absolute Gasteiger partial charge is 0.370 e. The highest BCUT2D eigenvalue weighted by atomic mass is 35.5. The van der Waals surface area contributed by atoms with Crippen LogP contribution in [0.3, 0.4) is 0 Å². The summed E-state index contributed by atoms with van der Waals surface area (Å²) >= 11 is 12.9. The van der Waals surface area contributed by atoms with Crippen LogP contribution in [-0.2, 0) is 6.42 Å². The van der Waals surface area contributed by atoms with Crippen LogP contribution in [-0.4, -0.2) is 16.3 Å². The highest BCUT2D eigenvalue weighted by molar-refractivity contribution is 6.34. The van der Waals surface area contributed by atoms with E-state index in [1.54, 1.807) is 6.07 Å². The molecule has 0 fully saturated rings. The number of anilines is 1. The molecule has 156 valence electrons. The third-order valence-electron chi connectivity index (χ3n) is 5.84. The van der Waals surface area contributed by atoms with E-state index < -0.39 is 0 Å². The maximum Gasteiger partial charge on any atom is 0.133 e. The summed E-state index contributed by atoms with van der Waals surface area (Å²) in [6, 6.07) is 26.7. The van der Waals surface area contributed by atoms with Crippen molar-refractivity contribution in [3.8, 4) is 5.69 Å². The Balaban J connectivity index is 1.76. The molecule has 0 saturated carbocycles. The molecule has 0 amide bonds. The van der Waals surface area contributed by atoms with Gasteiger partial charge >= 0.3 is 0 Å². The number of fused-ring (bicyclic) bond motifs is 1. The van der Waals surface area contributed by atoms with Crippen molar-refractivity contribution in [1.82, 2.24) is 9.78 Å². The van der Waals surface area contributed by atoms with Crippen molar-refractivity contribution in [3.63, 3.8) is 0 Å². The van der Waals surface area contributed by atoms with E-state index in [0.717, 1.165) is 43.0 Å². The Kier molecular flexibility index (Phi) is 5.71. The third kappa shape index (κ3) is 3.96. The number of aromatic nitrogens is 2. The molecule has 0 aliphatic carbocycles. The first-order chi connectivity index (χ1) is 15.2. The lowest BCUT2D eigenvalue weighted by Gasteiger charge is -2.18. The summed E-state index contributed by atoms with van der Waals surface area (Å²) < 4.78 is 1.95. The molecule has 5 heteroatoms. The topological polar surface area (TPSA) is 29.9 Å². The Morgan fingerprint density at radius 1 is 0.839 bits per heavy atom. The summed E-state index contributed by atoms with van der Waals surface area (Å²) in [7, 11) is 0. The lowest BCUT2D eigenvalue weighted by Crippen LogP contribution is -2.08. The molecule has 3 nitrogen and oxygen atoms in total. The van der Waals surface area contributed by atoms with Gasteiger partial charge in [-0.05, 0) is 48.6 Å². The molecule has 2 heterocycles. The summed E-state index contributed by atoms with van der Waals surface area (Å²) in [5, 5.41) is 10.1. The Morgan fingerprint density at radius 2 is 1.52 bits per heavy atom. The van der Waals surface area contributed by atoms with E-state index in [0.29, 0.717) is 10.0 Å². The summed E-state index contributed by atoms with van der Waals surface area (Å²) in [6.45, 7) is 0.914. The molecule has 1 N–H and O–H groups in total. The minimum absolute atomic E-state index is 0.0373. The van der Waals surface area contributed by atoms with Gasteiger partial charge in [0.25, 0.3) is 0 Å². The molecule has 31 heavy (non-hydrogen) atoms. The number of rotatable bonds is 4. The van der Waals surface area contributed by atoms with Crippen LogP contribution >= 0.6 is 23.2 Å². The van der Waals surface area contributed by atoms with Crippen molar-refractivity contribution in [2.45, 2.75) is 25.2 Å². The first kappa shape index (κ1) is 20.2. The number of hydrogen-bond acceptors (Lipinski definition) is 2. The van der Waals surface area contributed by atoms with Gasteiger partial charge in [0.2, 0.25) is 0 Å². The minimum Gasteiger partial charge on any atom is -0.370 e. The van der Waals surface area contributed by atoms with Crippen molar-refractivity contribution in [1.29, 1.82) is 0 Å². The van der Waals surface area contributed by atoms with E-state index in [1.165, 1.54) is 16.7 Å². The molecule has 5 rings (SSSR count). The molecule has 0 unspecified atom stereocenters. The van der Waals surface area contributed by atoms with Gasteiger partial charge in [-0.2, -0.15) is 5.10 Å². The monoisotopic (exact) mass is 447 g/mol. The van der Waals surface area contributed by atoms with Crippen LogP contribution in [0.2, 0.25) is 10.0 Å². The van der Waals surface area contributed by atoms with Gasteiger partial charge in [-0.25, -0.2) is 4.68 Å². The van der Waals surface area contributed by atoms with Gasteiger partial charge in [0.15, 0.2) is 0 Å². The van der Waals surface area contributed by atoms with Crippen molar-refractivity contribution in [2.75, 3.05) is 11.9 Å². The standard InChI is InChI=1S/C26H23Cl2N3/c27-20-14-15-22(28)23(17-20)31-26-21(13-7-8-16-29-26)25(30-31)24(18-9-3-1-4-10-18)19-11-5-2-6-12-19/h1-6,9-12,14-15,17,24,29H,7-8,13,16H2. The minimum atomic E-state index is 0.0373. The molecular formula is C26H23Cl2N3. The van der Waals surface area contributed by atoms with Crippen LogP contribution in [0.25, 0.3) is 5.69 Å². The van der Waals surface area contributed by atoms with Gasteiger partial charge in [-0.15, -0.1) is 0 Å². The molecular weight excluding hydrogens is 425 g/mol. The lowest BCUT2D eigenvalue weighted by atomic mass is 9.86. The van der Waals surface area contributed by atoms with Gasteiger partial charge in [-0.1, -0.05) is 83.9 Å². The highest BCUT2D eigenvalue weighted by Crippen LogP contribution is 2.39. The molecule has 0 radical (unpaired) electrons. The fraction of sp³-hybridized carbons (Fsp3) is 0.192. The van der Waals surface area contributed by atoms with Gasteiger partial charge in [0.05, 0.1) is 22.3 Å². The van der Waals surface area contributed by atoms with Gasteiger partial charge in [-0.3, -0.25) is 0 Å². The Morgan fingerprint density at radius 3 is 2.19 bits per heavy atom. The zero-order valence-electron chi connectivity index (χ0n) is 17.1. The van der Waals surface area contributed by atoms with Crippen molar-refractivity contribution in [2.24, 2.45) is 0 Å². The van der Waals surface area contributed by atoms with E-state index >= 15 is 0 Å². The average Bonchev–Trinajstić information content (AvgIpc) is 2.97. The van der Waals surface area contributed by atoms with Crippen LogP contribution in [0.5, 0.6) is 0 Å². The molecule has 0 spiro atoms. The molecule has 0 saturated heterocycles. The SMILES string of the molecule is Clc1ccc(Cl)c(-n2nc(C(c3ccccc3)c3ccccc3)c3c2NCCCC3)c1. The number of hydrogen-bond donors (Lipinski definition) is 1.